The fourth-order valence-corrected chi connectivity index (χ4v) is 3.78. The summed E-state index contributed by atoms with van der Waals surface area (Å²) in [6.07, 6.45) is 7.63. The monoisotopic (exact) mass is 500 g/mol. The van der Waals surface area contributed by atoms with Gasteiger partial charge in [0, 0.05) is 49.0 Å². The van der Waals surface area contributed by atoms with Gasteiger partial charge in [0.15, 0.2) is 0 Å². The number of rotatable bonds is 8. The summed E-state index contributed by atoms with van der Waals surface area (Å²) >= 11 is 3.45. The van der Waals surface area contributed by atoms with Crippen molar-refractivity contribution in [1.29, 1.82) is 0 Å². The summed E-state index contributed by atoms with van der Waals surface area (Å²) < 4.78 is 0.678. The normalized spacial score (nSPS) is 14.2. The summed E-state index contributed by atoms with van der Waals surface area (Å²) in [6, 6.07) is 7.07. The first-order chi connectivity index (χ1) is 15.6. The SMILES string of the molecule is O=C(Nc1cccc(Nc2ncc(Br)c(NC(CO)Cc3cnc[nH]3)n2)c1)N1CCCC1. The van der Waals surface area contributed by atoms with Crippen LogP contribution in [-0.2, 0) is 6.42 Å². The van der Waals surface area contributed by atoms with E-state index in [1.165, 1.54) is 0 Å². The predicted octanol–water partition coefficient (Wildman–Crippen LogP) is 3.35. The van der Waals surface area contributed by atoms with Crippen molar-refractivity contribution >= 4 is 45.1 Å². The molecule has 1 atom stereocenters. The van der Waals surface area contributed by atoms with Gasteiger partial charge in [0.25, 0.3) is 0 Å². The summed E-state index contributed by atoms with van der Waals surface area (Å²) in [5.74, 6) is 0.941. The van der Waals surface area contributed by atoms with Crippen LogP contribution in [-0.4, -0.2) is 61.7 Å². The molecule has 32 heavy (non-hydrogen) atoms. The maximum Gasteiger partial charge on any atom is 0.321 e. The van der Waals surface area contributed by atoms with Crippen LogP contribution in [0.1, 0.15) is 18.5 Å². The molecule has 1 aliphatic heterocycles. The lowest BCUT2D eigenvalue weighted by Crippen LogP contribution is -2.32. The maximum absolute atomic E-state index is 12.3. The lowest BCUT2D eigenvalue weighted by atomic mass is 10.2. The molecule has 3 aromatic rings. The Hall–Kier alpha value is -3.18. The molecule has 168 valence electrons. The van der Waals surface area contributed by atoms with E-state index >= 15 is 0 Å². The molecule has 1 unspecified atom stereocenters. The van der Waals surface area contributed by atoms with Gasteiger partial charge in [-0.25, -0.2) is 14.8 Å². The third-order valence-corrected chi connectivity index (χ3v) is 5.67. The molecule has 3 heterocycles. The minimum atomic E-state index is -0.251. The zero-order chi connectivity index (χ0) is 22.3. The number of halogens is 1. The van der Waals surface area contributed by atoms with Crippen LogP contribution < -0.4 is 16.0 Å². The van der Waals surface area contributed by atoms with Crippen LogP contribution in [0.25, 0.3) is 0 Å². The van der Waals surface area contributed by atoms with E-state index in [2.05, 4.69) is 51.8 Å². The lowest BCUT2D eigenvalue weighted by Gasteiger charge is -2.18. The van der Waals surface area contributed by atoms with Crippen molar-refractivity contribution in [3.8, 4) is 0 Å². The largest absolute Gasteiger partial charge is 0.394 e. The Labute approximate surface area is 194 Å². The van der Waals surface area contributed by atoms with E-state index in [0.29, 0.717) is 28.3 Å². The number of nitrogens with zero attached hydrogens (tertiary/aromatic N) is 4. The van der Waals surface area contributed by atoms with Crippen LogP contribution in [0.2, 0.25) is 0 Å². The zero-order valence-corrected chi connectivity index (χ0v) is 19.0. The number of aromatic amines is 1. The highest BCUT2D eigenvalue weighted by Crippen LogP contribution is 2.24. The number of aliphatic hydroxyl groups excluding tert-OH is 1. The molecular weight excluding hydrogens is 476 g/mol. The number of aliphatic hydroxyl groups is 1. The summed E-state index contributed by atoms with van der Waals surface area (Å²) in [4.78, 5) is 30.0. The molecule has 1 aromatic carbocycles. The number of H-pyrrole nitrogens is 1. The lowest BCUT2D eigenvalue weighted by molar-refractivity contribution is 0.222. The fraction of sp³-hybridized carbons (Fsp3) is 0.333. The van der Waals surface area contributed by atoms with Gasteiger partial charge in [0.2, 0.25) is 5.95 Å². The number of carbonyl (C=O) groups is 1. The Morgan fingerprint density at radius 2 is 2.06 bits per heavy atom. The number of imidazole rings is 1. The average molecular weight is 501 g/mol. The second kappa shape index (κ2) is 10.4. The standard InChI is InChI=1S/C21H25BrN8O2/c22-18-11-24-20(29-19(18)26-17(12-31)9-16-10-23-13-25-16)27-14-4-3-5-15(8-14)28-21(32)30-6-1-2-7-30/h3-5,8,10-11,13,17,31H,1-2,6-7,9,12H2,(H,23,25)(H,28,32)(H2,24,26,27,29). The average Bonchev–Trinajstić information content (AvgIpc) is 3.50. The molecule has 1 saturated heterocycles. The number of hydrogen-bond acceptors (Lipinski definition) is 7. The van der Waals surface area contributed by atoms with Gasteiger partial charge >= 0.3 is 6.03 Å². The molecule has 2 amide bonds. The number of likely N-dealkylation sites (tertiary alicyclic amines) is 1. The second-order valence-electron chi connectivity index (χ2n) is 7.53. The Kier molecular flexibility index (Phi) is 7.17. The highest BCUT2D eigenvalue weighted by Gasteiger charge is 2.18. The number of hydrogen-bond donors (Lipinski definition) is 5. The Morgan fingerprint density at radius 3 is 2.81 bits per heavy atom. The van der Waals surface area contributed by atoms with Gasteiger partial charge in [0.1, 0.15) is 5.82 Å². The van der Waals surface area contributed by atoms with Crippen LogP contribution in [0.15, 0.2) is 47.5 Å². The molecule has 2 aromatic heterocycles. The summed E-state index contributed by atoms with van der Waals surface area (Å²) in [7, 11) is 0. The van der Waals surface area contributed by atoms with Crippen molar-refractivity contribution in [1.82, 2.24) is 24.8 Å². The van der Waals surface area contributed by atoms with Crippen LogP contribution in [0, 0.1) is 0 Å². The molecule has 1 fully saturated rings. The molecule has 5 N–H and O–H groups in total. The summed E-state index contributed by atoms with van der Waals surface area (Å²) in [6.45, 7) is 1.51. The van der Waals surface area contributed by atoms with E-state index in [4.69, 9.17) is 0 Å². The topological polar surface area (TPSA) is 131 Å². The smallest absolute Gasteiger partial charge is 0.321 e. The van der Waals surface area contributed by atoms with Crippen molar-refractivity contribution in [2.24, 2.45) is 0 Å². The Bertz CT molecular complexity index is 1040. The third kappa shape index (κ3) is 5.74. The Morgan fingerprint density at radius 1 is 1.25 bits per heavy atom. The number of carbonyl (C=O) groups excluding carboxylic acids is 1. The fourth-order valence-electron chi connectivity index (χ4n) is 3.47. The van der Waals surface area contributed by atoms with E-state index in [1.54, 1.807) is 18.7 Å². The van der Waals surface area contributed by atoms with Crippen molar-refractivity contribution in [2.75, 3.05) is 35.6 Å². The van der Waals surface area contributed by atoms with Crippen molar-refractivity contribution in [2.45, 2.75) is 25.3 Å². The first kappa shape index (κ1) is 22.0. The zero-order valence-electron chi connectivity index (χ0n) is 17.4. The molecular formula is C21H25BrN8O2. The number of aromatic nitrogens is 4. The van der Waals surface area contributed by atoms with E-state index in [9.17, 15) is 9.90 Å². The predicted molar refractivity (Wildman–Crippen MR) is 126 cm³/mol. The Balaban J connectivity index is 1.42. The van der Waals surface area contributed by atoms with Crippen molar-refractivity contribution < 1.29 is 9.90 Å². The summed E-state index contributed by atoms with van der Waals surface area (Å²) in [5.41, 5.74) is 2.35. The molecule has 0 radical (unpaired) electrons. The highest BCUT2D eigenvalue weighted by molar-refractivity contribution is 9.10. The second-order valence-corrected chi connectivity index (χ2v) is 8.38. The number of nitrogens with one attached hydrogen (secondary N) is 4. The highest BCUT2D eigenvalue weighted by atomic mass is 79.9. The van der Waals surface area contributed by atoms with E-state index in [0.717, 1.165) is 37.3 Å². The molecule has 0 saturated carbocycles. The van der Waals surface area contributed by atoms with Gasteiger partial charge in [0.05, 0.1) is 23.4 Å². The first-order valence-electron chi connectivity index (χ1n) is 10.4. The maximum atomic E-state index is 12.3. The molecule has 10 nitrogen and oxygen atoms in total. The van der Waals surface area contributed by atoms with Crippen molar-refractivity contribution in [3.05, 3.63) is 53.2 Å². The number of urea groups is 1. The van der Waals surface area contributed by atoms with Crippen LogP contribution in [0.3, 0.4) is 0 Å². The number of amides is 2. The van der Waals surface area contributed by atoms with Gasteiger partial charge in [-0.2, -0.15) is 4.98 Å². The van der Waals surface area contributed by atoms with Gasteiger partial charge in [-0.15, -0.1) is 0 Å². The molecule has 11 heteroatoms. The van der Waals surface area contributed by atoms with Crippen LogP contribution in [0.5, 0.6) is 0 Å². The van der Waals surface area contributed by atoms with Gasteiger partial charge in [-0.05, 0) is 47.0 Å². The van der Waals surface area contributed by atoms with Crippen molar-refractivity contribution in [3.63, 3.8) is 0 Å². The van der Waals surface area contributed by atoms with Gasteiger partial charge in [-0.3, -0.25) is 0 Å². The number of anilines is 4. The molecule has 4 rings (SSSR count). The molecule has 1 aliphatic rings. The quantitative estimate of drug-likeness (QED) is 0.320. The van der Waals surface area contributed by atoms with Crippen LogP contribution in [0.4, 0.5) is 27.9 Å². The van der Waals surface area contributed by atoms with E-state index in [-0.39, 0.29) is 18.7 Å². The third-order valence-electron chi connectivity index (χ3n) is 5.09. The molecule has 0 bridgehead atoms. The minimum Gasteiger partial charge on any atom is -0.394 e. The van der Waals surface area contributed by atoms with Gasteiger partial charge in [-0.1, -0.05) is 6.07 Å². The van der Waals surface area contributed by atoms with Crippen LogP contribution >= 0.6 is 15.9 Å². The van der Waals surface area contributed by atoms with E-state index < -0.39 is 0 Å². The minimum absolute atomic E-state index is 0.0724. The molecule has 0 spiro atoms. The number of benzene rings is 1. The molecule has 0 aliphatic carbocycles. The first-order valence-corrected chi connectivity index (χ1v) is 11.2. The van der Waals surface area contributed by atoms with Gasteiger partial charge < -0.3 is 30.9 Å². The summed E-state index contributed by atoms with van der Waals surface area (Å²) in [5, 5.41) is 19.1. The van der Waals surface area contributed by atoms with E-state index in [1.807, 2.05) is 29.2 Å².